The van der Waals surface area contributed by atoms with Gasteiger partial charge in [0.15, 0.2) is 12.0 Å². The van der Waals surface area contributed by atoms with Crippen LogP contribution in [0.1, 0.15) is 32.5 Å². The van der Waals surface area contributed by atoms with Crippen LogP contribution in [-0.4, -0.2) is 51.0 Å². The normalized spacial score (nSPS) is 12.6. The number of unbranched alkanes of at least 4 members (excludes halogenated alkanes) is 1. The van der Waals surface area contributed by atoms with E-state index in [-0.39, 0.29) is 5.92 Å². The Labute approximate surface area is 173 Å². The second kappa shape index (κ2) is 9.39. The van der Waals surface area contributed by atoms with E-state index in [4.69, 9.17) is 4.98 Å². The molecule has 0 aliphatic heterocycles. The van der Waals surface area contributed by atoms with E-state index < -0.39 is 12.1 Å². The fraction of sp³-hybridized carbons (Fsp3) is 0.500. The van der Waals surface area contributed by atoms with Crippen LogP contribution in [0.4, 0.5) is 10.2 Å². The van der Waals surface area contributed by atoms with Gasteiger partial charge in [-0.2, -0.15) is 0 Å². The molecule has 2 N–H and O–H groups in total. The number of nitrogens with one attached hydrogen (secondary N) is 2. The first-order chi connectivity index (χ1) is 13.9. The van der Waals surface area contributed by atoms with Crippen molar-refractivity contribution in [3.63, 3.8) is 0 Å². The molecule has 1 aromatic carbocycles. The van der Waals surface area contributed by atoms with Gasteiger partial charge in [0.25, 0.3) is 5.91 Å². The van der Waals surface area contributed by atoms with Crippen LogP contribution in [0, 0.1) is 12.8 Å². The lowest BCUT2D eigenvalue weighted by Gasteiger charge is -2.12. The minimum atomic E-state index is -1.45. The van der Waals surface area contributed by atoms with Crippen molar-refractivity contribution in [1.29, 1.82) is 0 Å². The summed E-state index contributed by atoms with van der Waals surface area (Å²) in [5.74, 6) is 0.649. The van der Waals surface area contributed by atoms with Crippen LogP contribution in [0.2, 0.25) is 0 Å². The number of hydrogen-bond donors (Lipinski definition) is 2. The second-order valence-electron chi connectivity index (χ2n) is 7.29. The topological polar surface area (TPSA) is 84.2 Å². The van der Waals surface area contributed by atoms with E-state index in [1.165, 1.54) is 0 Å². The Morgan fingerprint density at radius 2 is 2.00 bits per heavy atom. The summed E-state index contributed by atoms with van der Waals surface area (Å²) in [6, 6.07) is 6.16. The van der Waals surface area contributed by atoms with Gasteiger partial charge in [-0.3, -0.25) is 9.20 Å². The van der Waals surface area contributed by atoms with Crippen molar-refractivity contribution in [3.8, 4) is 0 Å². The average Bonchev–Trinajstić information content (AvgIpc) is 3.11. The number of aryl methyl sites for hydroxylation is 1. The number of thioether (sulfide) groups is 1. The fourth-order valence-electron chi connectivity index (χ4n) is 3.07. The lowest BCUT2D eigenvalue weighted by molar-refractivity contribution is -0.127. The first kappa shape index (κ1) is 21.3. The maximum absolute atomic E-state index is 13.6. The number of aromatic nitrogens is 4. The van der Waals surface area contributed by atoms with E-state index in [2.05, 4.69) is 33.0 Å². The van der Waals surface area contributed by atoms with Gasteiger partial charge in [-0.15, -0.1) is 22.0 Å². The Hall–Kier alpha value is -2.42. The van der Waals surface area contributed by atoms with Gasteiger partial charge in [-0.05, 0) is 50.1 Å². The first-order valence-corrected chi connectivity index (χ1v) is 11.0. The molecule has 7 nitrogen and oxygen atoms in total. The zero-order chi connectivity index (χ0) is 21.0. The molecule has 2 aromatic heterocycles. The standard InChI is InChI=1S/C20H27FN6OS/c1-12(2)17(21)20(28)23-10-6-5-9-22-18-19-26-25-13(3)27(19)16-8-7-14(29-4)11-15(16)24-18/h7-8,11-12,17H,5-6,9-10H2,1-4H3,(H,22,24)(H,23,28)/t17-/m0/s1. The number of halogens is 1. The quantitative estimate of drug-likeness (QED) is 0.408. The highest BCUT2D eigenvalue weighted by molar-refractivity contribution is 7.98. The molecule has 0 aliphatic carbocycles. The van der Waals surface area contributed by atoms with Crippen LogP contribution >= 0.6 is 11.8 Å². The van der Waals surface area contributed by atoms with Gasteiger partial charge in [-0.1, -0.05) is 13.8 Å². The number of amides is 1. The average molecular weight is 419 g/mol. The maximum Gasteiger partial charge on any atom is 0.254 e. The summed E-state index contributed by atoms with van der Waals surface area (Å²) in [4.78, 5) is 17.5. The third-order valence-corrected chi connectivity index (χ3v) is 5.45. The van der Waals surface area contributed by atoms with E-state index in [0.717, 1.165) is 34.6 Å². The van der Waals surface area contributed by atoms with Gasteiger partial charge in [0, 0.05) is 18.0 Å². The first-order valence-electron chi connectivity index (χ1n) is 9.77. The molecule has 3 aromatic rings. The summed E-state index contributed by atoms with van der Waals surface area (Å²) in [7, 11) is 0. The van der Waals surface area contributed by atoms with Crippen molar-refractivity contribution < 1.29 is 9.18 Å². The minimum Gasteiger partial charge on any atom is -0.367 e. The molecule has 0 unspecified atom stereocenters. The molecule has 0 fully saturated rings. The molecular formula is C20H27FN6OS. The summed E-state index contributed by atoms with van der Waals surface area (Å²) < 4.78 is 15.6. The Balaban J connectivity index is 1.63. The van der Waals surface area contributed by atoms with Crippen molar-refractivity contribution >= 4 is 40.2 Å². The Kier molecular flexibility index (Phi) is 6.89. The molecule has 156 valence electrons. The zero-order valence-corrected chi connectivity index (χ0v) is 18.0. The molecule has 0 saturated heterocycles. The number of nitrogens with zero attached hydrogens (tertiary/aromatic N) is 4. The van der Waals surface area contributed by atoms with Crippen molar-refractivity contribution in [2.24, 2.45) is 5.92 Å². The molecule has 1 amide bonds. The second-order valence-corrected chi connectivity index (χ2v) is 8.17. The molecule has 0 aliphatic rings. The third kappa shape index (κ3) is 4.77. The van der Waals surface area contributed by atoms with Crippen molar-refractivity contribution in [3.05, 3.63) is 24.0 Å². The van der Waals surface area contributed by atoms with E-state index in [1.807, 2.05) is 23.6 Å². The minimum absolute atomic E-state index is 0.309. The van der Waals surface area contributed by atoms with Crippen molar-refractivity contribution in [2.75, 3.05) is 24.7 Å². The predicted octanol–water partition coefficient (Wildman–Crippen LogP) is 3.61. The molecular weight excluding hydrogens is 391 g/mol. The number of hydrogen-bond acceptors (Lipinski definition) is 6. The number of rotatable bonds is 9. The van der Waals surface area contributed by atoms with E-state index in [9.17, 15) is 9.18 Å². The summed E-state index contributed by atoms with van der Waals surface area (Å²) in [6.45, 7) is 6.43. The summed E-state index contributed by atoms with van der Waals surface area (Å²) in [5.41, 5.74) is 2.54. The lowest BCUT2D eigenvalue weighted by atomic mass is 10.1. The Morgan fingerprint density at radius 3 is 2.72 bits per heavy atom. The molecule has 3 rings (SSSR count). The van der Waals surface area contributed by atoms with E-state index >= 15 is 0 Å². The van der Waals surface area contributed by atoms with Crippen LogP contribution in [0.5, 0.6) is 0 Å². The van der Waals surface area contributed by atoms with Gasteiger partial charge in [0.1, 0.15) is 5.82 Å². The van der Waals surface area contributed by atoms with Crippen molar-refractivity contribution in [2.45, 2.75) is 44.7 Å². The summed E-state index contributed by atoms with van der Waals surface area (Å²) >= 11 is 1.67. The highest BCUT2D eigenvalue weighted by Crippen LogP contribution is 2.25. The van der Waals surface area contributed by atoms with E-state index in [1.54, 1.807) is 25.6 Å². The largest absolute Gasteiger partial charge is 0.367 e. The number of carbonyl (C=O) groups is 1. The van der Waals surface area contributed by atoms with Gasteiger partial charge < -0.3 is 10.6 Å². The van der Waals surface area contributed by atoms with Gasteiger partial charge in [0.05, 0.1) is 11.0 Å². The molecule has 1 atom stereocenters. The third-order valence-electron chi connectivity index (χ3n) is 4.72. The molecule has 0 radical (unpaired) electrons. The molecule has 0 saturated carbocycles. The fourth-order valence-corrected chi connectivity index (χ4v) is 3.50. The Bertz CT molecular complexity index is 1010. The van der Waals surface area contributed by atoms with E-state index in [0.29, 0.717) is 24.6 Å². The number of fused-ring (bicyclic) bond motifs is 3. The maximum atomic E-state index is 13.6. The van der Waals surface area contributed by atoms with Crippen molar-refractivity contribution in [1.82, 2.24) is 24.9 Å². The van der Waals surface area contributed by atoms with Crippen LogP contribution < -0.4 is 10.6 Å². The number of benzene rings is 1. The van der Waals surface area contributed by atoms with Gasteiger partial charge >= 0.3 is 0 Å². The van der Waals surface area contributed by atoms with Crippen LogP contribution in [0.25, 0.3) is 16.7 Å². The predicted molar refractivity (Wildman–Crippen MR) is 115 cm³/mol. The monoisotopic (exact) mass is 418 g/mol. The highest BCUT2D eigenvalue weighted by atomic mass is 32.2. The van der Waals surface area contributed by atoms with Crippen LogP contribution in [0.3, 0.4) is 0 Å². The summed E-state index contributed by atoms with van der Waals surface area (Å²) in [6.07, 6.45) is 2.14. The zero-order valence-electron chi connectivity index (χ0n) is 17.2. The number of anilines is 1. The SMILES string of the molecule is CSc1ccc2c(c1)nc(NCCCCNC(=O)[C@@H](F)C(C)C)c1nnc(C)n12. The van der Waals surface area contributed by atoms with Gasteiger partial charge in [0.2, 0.25) is 5.65 Å². The molecule has 0 bridgehead atoms. The number of alkyl halides is 1. The van der Waals surface area contributed by atoms with Crippen LogP contribution in [-0.2, 0) is 4.79 Å². The smallest absolute Gasteiger partial charge is 0.254 e. The van der Waals surface area contributed by atoms with Crippen LogP contribution in [0.15, 0.2) is 23.1 Å². The molecule has 29 heavy (non-hydrogen) atoms. The highest BCUT2D eigenvalue weighted by Gasteiger charge is 2.20. The Morgan fingerprint density at radius 1 is 1.24 bits per heavy atom. The van der Waals surface area contributed by atoms with Gasteiger partial charge in [-0.25, -0.2) is 9.37 Å². The summed E-state index contributed by atoms with van der Waals surface area (Å²) in [5, 5.41) is 14.4. The lowest BCUT2D eigenvalue weighted by Crippen LogP contribution is -2.35. The molecule has 9 heteroatoms. The molecule has 2 heterocycles. The number of carbonyl (C=O) groups excluding carboxylic acids is 1. The molecule has 0 spiro atoms.